The molecule has 0 aliphatic carbocycles. The number of nitrogens with zero attached hydrogens (tertiary/aromatic N) is 3. The number of ether oxygens (including phenoxy) is 2. The van der Waals surface area contributed by atoms with Gasteiger partial charge >= 0.3 is 0 Å². The van der Waals surface area contributed by atoms with E-state index < -0.39 is 0 Å². The highest BCUT2D eigenvalue weighted by atomic mass is 35.5. The third-order valence-electron chi connectivity index (χ3n) is 2.45. The van der Waals surface area contributed by atoms with E-state index in [9.17, 15) is 0 Å². The van der Waals surface area contributed by atoms with E-state index in [1.54, 1.807) is 7.11 Å². The Labute approximate surface area is 107 Å². The lowest BCUT2D eigenvalue weighted by atomic mass is 10.3. The molecule has 0 unspecified atom stereocenters. The molecule has 0 amide bonds. The standard InChI is InChI=1S/C11H20ClN3O2/c1-3-10-13-14-11(12)15(10)6-4-5-7-17-9-8-16-2/h3-9H2,1-2H3. The van der Waals surface area contributed by atoms with E-state index in [0.29, 0.717) is 18.5 Å². The number of aryl methyl sites for hydroxylation is 1. The van der Waals surface area contributed by atoms with E-state index in [-0.39, 0.29) is 0 Å². The largest absolute Gasteiger partial charge is 0.382 e. The summed E-state index contributed by atoms with van der Waals surface area (Å²) in [4.78, 5) is 0. The van der Waals surface area contributed by atoms with E-state index in [0.717, 1.165) is 38.2 Å². The first-order valence-corrected chi connectivity index (χ1v) is 6.31. The third-order valence-corrected chi connectivity index (χ3v) is 2.73. The zero-order valence-electron chi connectivity index (χ0n) is 10.5. The minimum atomic E-state index is 0.474. The van der Waals surface area contributed by atoms with Crippen molar-refractivity contribution in [3.63, 3.8) is 0 Å². The molecule has 0 radical (unpaired) electrons. The highest BCUT2D eigenvalue weighted by Crippen LogP contribution is 2.10. The molecule has 0 N–H and O–H groups in total. The van der Waals surface area contributed by atoms with Crippen LogP contribution < -0.4 is 0 Å². The van der Waals surface area contributed by atoms with Gasteiger partial charge in [0.2, 0.25) is 5.28 Å². The van der Waals surface area contributed by atoms with Crippen molar-refractivity contribution in [1.82, 2.24) is 14.8 Å². The van der Waals surface area contributed by atoms with Crippen molar-refractivity contribution in [2.75, 3.05) is 26.9 Å². The van der Waals surface area contributed by atoms with Crippen LogP contribution in [0.25, 0.3) is 0 Å². The average molecular weight is 262 g/mol. The second-order valence-electron chi connectivity index (χ2n) is 3.70. The quantitative estimate of drug-likeness (QED) is 0.638. The molecule has 0 fully saturated rings. The van der Waals surface area contributed by atoms with E-state index >= 15 is 0 Å². The Balaban J connectivity index is 2.15. The lowest BCUT2D eigenvalue weighted by Crippen LogP contribution is -2.06. The molecule has 17 heavy (non-hydrogen) atoms. The lowest BCUT2D eigenvalue weighted by Gasteiger charge is -2.07. The Morgan fingerprint density at radius 1 is 1.18 bits per heavy atom. The second-order valence-corrected chi connectivity index (χ2v) is 4.04. The van der Waals surface area contributed by atoms with Crippen molar-refractivity contribution in [2.24, 2.45) is 0 Å². The molecule has 0 saturated carbocycles. The van der Waals surface area contributed by atoms with Crippen LogP contribution in [0.3, 0.4) is 0 Å². The smallest absolute Gasteiger partial charge is 0.225 e. The normalized spacial score (nSPS) is 11.0. The van der Waals surface area contributed by atoms with Crippen LogP contribution in [0.1, 0.15) is 25.6 Å². The topological polar surface area (TPSA) is 49.2 Å². The van der Waals surface area contributed by atoms with Crippen molar-refractivity contribution in [1.29, 1.82) is 0 Å². The van der Waals surface area contributed by atoms with Crippen LogP contribution in [0.2, 0.25) is 5.28 Å². The van der Waals surface area contributed by atoms with Gasteiger partial charge in [-0.2, -0.15) is 0 Å². The van der Waals surface area contributed by atoms with Gasteiger partial charge in [-0.25, -0.2) is 0 Å². The molecule has 0 aliphatic rings. The number of rotatable bonds is 9. The Hall–Kier alpha value is -0.650. The van der Waals surface area contributed by atoms with Crippen LogP contribution in [0, 0.1) is 0 Å². The molecule has 1 heterocycles. The van der Waals surface area contributed by atoms with Crippen LogP contribution >= 0.6 is 11.6 Å². The predicted molar refractivity (Wildman–Crippen MR) is 66.3 cm³/mol. The van der Waals surface area contributed by atoms with E-state index in [2.05, 4.69) is 10.2 Å². The predicted octanol–water partition coefficient (Wildman–Crippen LogP) is 1.94. The molecule has 6 heteroatoms. The fourth-order valence-corrected chi connectivity index (χ4v) is 1.73. The minimum absolute atomic E-state index is 0.474. The van der Waals surface area contributed by atoms with Gasteiger partial charge in [-0.1, -0.05) is 6.92 Å². The Bertz CT molecular complexity index is 318. The molecule has 98 valence electrons. The maximum atomic E-state index is 5.95. The molecule has 1 rings (SSSR count). The summed E-state index contributed by atoms with van der Waals surface area (Å²) in [5, 5.41) is 8.34. The van der Waals surface area contributed by atoms with E-state index in [1.165, 1.54) is 0 Å². The van der Waals surface area contributed by atoms with Crippen molar-refractivity contribution in [3.05, 3.63) is 11.1 Å². The molecule has 0 bridgehead atoms. The summed E-state index contributed by atoms with van der Waals surface area (Å²) in [7, 11) is 1.67. The number of unbranched alkanes of at least 4 members (excludes halogenated alkanes) is 1. The van der Waals surface area contributed by atoms with Gasteiger partial charge in [0.05, 0.1) is 13.2 Å². The average Bonchev–Trinajstić information content (AvgIpc) is 2.69. The number of hydrogen-bond acceptors (Lipinski definition) is 4. The molecule has 0 saturated heterocycles. The lowest BCUT2D eigenvalue weighted by molar-refractivity contribution is 0.0684. The van der Waals surface area contributed by atoms with Gasteiger partial charge in [-0.05, 0) is 24.4 Å². The van der Waals surface area contributed by atoms with Gasteiger partial charge in [-0.15, -0.1) is 10.2 Å². The summed E-state index contributed by atoms with van der Waals surface area (Å²) < 4.78 is 12.2. The fourth-order valence-electron chi connectivity index (χ4n) is 1.51. The molecular formula is C11H20ClN3O2. The summed E-state index contributed by atoms with van der Waals surface area (Å²) in [5.41, 5.74) is 0. The number of halogens is 1. The molecule has 0 atom stereocenters. The molecule has 0 aromatic carbocycles. The monoisotopic (exact) mass is 261 g/mol. The van der Waals surface area contributed by atoms with Crippen molar-refractivity contribution >= 4 is 11.6 Å². The fraction of sp³-hybridized carbons (Fsp3) is 0.818. The van der Waals surface area contributed by atoms with Gasteiger partial charge in [0.25, 0.3) is 0 Å². The SMILES string of the molecule is CCc1nnc(Cl)n1CCCCOCCOC. The van der Waals surface area contributed by atoms with Crippen LogP contribution in [-0.4, -0.2) is 41.7 Å². The number of hydrogen-bond donors (Lipinski definition) is 0. The maximum absolute atomic E-state index is 5.95. The minimum Gasteiger partial charge on any atom is -0.382 e. The zero-order valence-corrected chi connectivity index (χ0v) is 11.2. The van der Waals surface area contributed by atoms with E-state index in [1.807, 2.05) is 11.5 Å². The van der Waals surface area contributed by atoms with Crippen LogP contribution in [0.5, 0.6) is 0 Å². The summed E-state index contributed by atoms with van der Waals surface area (Å²) in [5.74, 6) is 0.940. The third kappa shape index (κ3) is 5.02. The highest BCUT2D eigenvalue weighted by molar-refractivity contribution is 6.28. The van der Waals surface area contributed by atoms with Gasteiger partial charge in [0.15, 0.2) is 0 Å². The van der Waals surface area contributed by atoms with Gasteiger partial charge in [-0.3, -0.25) is 0 Å². The van der Waals surface area contributed by atoms with Crippen LogP contribution in [0.15, 0.2) is 0 Å². The van der Waals surface area contributed by atoms with E-state index in [4.69, 9.17) is 21.1 Å². The van der Waals surface area contributed by atoms with Gasteiger partial charge in [0, 0.05) is 26.7 Å². The van der Waals surface area contributed by atoms with Crippen LogP contribution in [-0.2, 0) is 22.4 Å². The molecule has 5 nitrogen and oxygen atoms in total. The molecular weight excluding hydrogens is 242 g/mol. The summed E-state index contributed by atoms with van der Waals surface area (Å²) in [6, 6.07) is 0. The molecule has 1 aromatic rings. The Kier molecular flexibility index (Phi) is 7.16. The number of methoxy groups -OCH3 is 1. The van der Waals surface area contributed by atoms with Crippen molar-refractivity contribution in [2.45, 2.75) is 32.7 Å². The van der Waals surface area contributed by atoms with Gasteiger partial charge < -0.3 is 14.0 Å². The highest BCUT2D eigenvalue weighted by Gasteiger charge is 2.07. The first kappa shape index (κ1) is 14.4. The first-order valence-electron chi connectivity index (χ1n) is 5.93. The Morgan fingerprint density at radius 2 is 2.00 bits per heavy atom. The maximum Gasteiger partial charge on any atom is 0.225 e. The Morgan fingerprint density at radius 3 is 2.71 bits per heavy atom. The van der Waals surface area contributed by atoms with Crippen molar-refractivity contribution in [3.8, 4) is 0 Å². The summed E-state index contributed by atoms with van der Waals surface area (Å²) in [6.45, 7) is 4.96. The van der Waals surface area contributed by atoms with Crippen molar-refractivity contribution < 1.29 is 9.47 Å². The van der Waals surface area contributed by atoms with Gasteiger partial charge in [0.1, 0.15) is 5.82 Å². The first-order chi connectivity index (χ1) is 8.29. The summed E-state index contributed by atoms with van der Waals surface area (Å²) >= 11 is 5.95. The zero-order chi connectivity index (χ0) is 12.5. The summed E-state index contributed by atoms with van der Waals surface area (Å²) in [6.07, 6.45) is 2.86. The number of aromatic nitrogens is 3. The molecule has 0 aliphatic heterocycles. The molecule has 1 aromatic heterocycles. The second kappa shape index (κ2) is 8.44. The van der Waals surface area contributed by atoms with Crippen LogP contribution in [0.4, 0.5) is 0 Å². The molecule has 0 spiro atoms.